The van der Waals surface area contributed by atoms with E-state index in [9.17, 15) is 4.39 Å². The lowest BCUT2D eigenvalue weighted by atomic mass is 9.97. The van der Waals surface area contributed by atoms with E-state index in [4.69, 9.17) is 5.11 Å². The van der Waals surface area contributed by atoms with Crippen LogP contribution >= 0.6 is 0 Å². The number of benzene rings is 1. The Morgan fingerprint density at radius 2 is 1.83 bits per heavy atom. The molecule has 1 saturated carbocycles. The lowest BCUT2D eigenvalue weighted by molar-refractivity contribution is 0.255. The van der Waals surface area contributed by atoms with E-state index in [0.29, 0.717) is 0 Å². The van der Waals surface area contributed by atoms with Crippen molar-refractivity contribution < 1.29 is 9.50 Å². The quantitative estimate of drug-likeness (QED) is 0.710. The van der Waals surface area contributed by atoms with Crippen LogP contribution in [0.25, 0.3) is 0 Å². The van der Waals surface area contributed by atoms with Gasteiger partial charge in [0.1, 0.15) is 5.82 Å². The molecule has 1 aromatic rings. The van der Waals surface area contributed by atoms with Crippen LogP contribution in [-0.4, -0.2) is 11.7 Å². The molecule has 2 heteroatoms. The highest BCUT2D eigenvalue weighted by atomic mass is 19.1. The molecule has 1 N–H and O–H groups in total. The van der Waals surface area contributed by atoms with Crippen LogP contribution in [0, 0.1) is 5.82 Å². The molecule has 0 aliphatic heterocycles. The van der Waals surface area contributed by atoms with Gasteiger partial charge in [-0.25, -0.2) is 4.39 Å². The van der Waals surface area contributed by atoms with E-state index in [1.807, 2.05) is 0 Å². The molecule has 0 unspecified atom stereocenters. The van der Waals surface area contributed by atoms with Gasteiger partial charge >= 0.3 is 0 Å². The fourth-order valence-corrected chi connectivity index (χ4v) is 1.49. The standard InChI is InChI=1S/C10H11FO/c11-9-3-1-8(2-4-9)10(7-12)5-6-10/h1-4,12H,5-7H2. The molecule has 1 nitrogen and oxygen atoms in total. The first kappa shape index (κ1) is 7.74. The van der Waals surface area contributed by atoms with Gasteiger partial charge in [0.25, 0.3) is 0 Å². The maximum Gasteiger partial charge on any atom is 0.123 e. The van der Waals surface area contributed by atoms with Gasteiger partial charge in [0.2, 0.25) is 0 Å². The highest BCUT2D eigenvalue weighted by molar-refractivity contribution is 5.31. The van der Waals surface area contributed by atoms with Crippen LogP contribution in [0.3, 0.4) is 0 Å². The van der Waals surface area contributed by atoms with Crippen LogP contribution in [0.5, 0.6) is 0 Å². The summed E-state index contributed by atoms with van der Waals surface area (Å²) >= 11 is 0. The topological polar surface area (TPSA) is 20.2 Å². The minimum Gasteiger partial charge on any atom is -0.395 e. The van der Waals surface area contributed by atoms with Crippen LogP contribution in [-0.2, 0) is 5.41 Å². The Labute approximate surface area is 70.8 Å². The smallest absolute Gasteiger partial charge is 0.123 e. The molecule has 1 fully saturated rings. The van der Waals surface area contributed by atoms with E-state index >= 15 is 0 Å². The van der Waals surface area contributed by atoms with Crippen molar-refractivity contribution in [2.75, 3.05) is 6.61 Å². The average Bonchev–Trinajstić information content (AvgIpc) is 2.86. The summed E-state index contributed by atoms with van der Waals surface area (Å²) in [4.78, 5) is 0. The van der Waals surface area contributed by atoms with Gasteiger partial charge < -0.3 is 5.11 Å². The highest BCUT2D eigenvalue weighted by Gasteiger charge is 2.43. The van der Waals surface area contributed by atoms with Crippen molar-refractivity contribution in [1.82, 2.24) is 0 Å². The second-order valence-electron chi connectivity index (χ2n) is 3.45. The molecule has 0 aromatic heterocycles. The second-order valence-corrected chi connectivity index (χ2v) is 3.45. The van der Waals surface area contributed by atoms with Crippen molar-refractivity contribution in [1.29, 1.82) is 0 Å². The molecule has 64 valence electrons. The summed E-state index contributed by atoms with van der Waals surface area (Å²) in [7, 11) is 0. The van der Waals surface area contributed by atoms with Gasteiger partial charge in [-0.1, -0.05) is 12.1 Å². The molecule has 2 rings (SSSR count). The molecular weight excluding hydrogens is 155 g/mol. The number of aliphatic hydroxyl groups is 1. The first-order valence-corrected chi connectivity index (χ1v) is 4.14. The summed E-state index contributed by atoms with van der Waals surface area (Å²) in [6.45, 7) is 0.179. The molecule has 0 saturated heterocycles. The van der Waals surface area contributed by atoms with E-state index in [2.05, 4.69) is 0 Å². The Kier molecular flexibility index (Phi) is 1.65. The SMILES string of the molecule is OCC1(c2ccc(F)cc2)CC1. The molecule has 0 atom stereocenters. The molecule has 0 spiro atoms. The summed E-state index contributed by atoms with van der Waals surface area (Å²) < 4.78 is 12.5. The summed E-state index contributed by atoms with van der Waals surface area (Å²) in [5.41, 5.74) is 1.03. The van der Waals surface area contributed by atoms with Crippen LogP contribution in [0.4, 0.5) is 4.39 Å². The summed E-state index contributed by atoms with van der Waals surface area (Å²) in [6, 6.07) is 6.42. The van der Waals surface area contributed by atoms with Gasteiger partial charge in [-0.2, -0.15) is 0 Å². The highest BCUT2D eigenvalue weighted by Crippen LogP contribution is 2.47. The van der Waals surface area contributed by atoms with E-state index in [0.717, 1.165) is 18.4 Å². The largest absolute Gasteiger partial charge is 0.395 e. The van der Waals surface area contributed by atoms with E-state index in [1.165, 1.54) is 12.1 Å². The van der Waals surface area contributed by atoms with Crippen molar-refractivity contribution in [3.63, 3.8) is 0 Å². The Morgan fingerprint density at radius 1 is 1.25 bits per heavy atom. The van der Waals surface area contributed by atoms with E-state index in [-0.39, 0.29) is 17.8 Å². The Morgan fingerprint density at radius 3 is 2.25 bits per heavy atom. The molecule has 0 amide bonds. The van der Waals surface area contributed by atoms with Gasteiger partial charge in [0, 0.05) is 5.41 Å². The minimum absolute atomic E-state index is 0.0340. The van der Waals surface area contributed by atoms with Crippen LogP contribution < -0.4 is 0 Å². The Hall–Kier alpha value is -0.890. The molecule has 0 radical (unpaired) electrons. The molecular formula is C10H11FO. The van der Waals surface area contributed by atoms with Gasteiger partial charge in [-0.05, 0) is 30.5 Å². The van der Waals surface area contributed by atoms with Crippen molar-refractivity contribution in [2.45, 2.75) is 18.3 Å². The van der Waals surface area contributed by atoms with Gasteiger partial charge in [-0.15, -0.1) is 0 Å². The first-order valence-electron chi connectivity index (χ1n) is 4.14. The van der Waals surface area contributed by atoms with E-state index < -0.39 is 0 Å². The fraction of sp³-hybridized carbons (Fsp3) is 0.400. The first-order chi connectivity index (χ1) is 5.77. The van der Waals surface area contributed by atoms with E-state index in [1.54, 1.807) is 12.1 Å². The van der Waals surface area contributed by atoms with Gasteiger partial charge in [-0.3, -0.25) is 0 Å². The third-order valence-corrected chi connectivity index (χ3v) is 2.61. The maximum absolute atomic E-state index is 12.5. The molecule has 0 bridgehead atoms. The Balaban J connectivity index is 2.29. The van der Waals surface area contributed by atoms with Gasteiger partial charge in [0.15, 0.2) is 0 Å². The summed E-state index contributed by atoms with van der Waals surface area (Å²) in [5.74, 6) is -0.215. The third-order valence-electron chi connectivity index (χ3n) is 2.61. The monoisotopic (exact) mass is 166 g/mol. The van der Waals surface area contributed by atoms with Crippen molar-refractivity contribution in [3.05, 3.63) is 35.6 Å². The Bertz CT molecular complexity index is 274. The molecule has 1 aromatic carbocycles. The number of rotatable bonds is 2. The number of aliphatic hydroxyl groups excluding tert-OH is 1. The predicted octanol–water partition coefficient (Wildman–Crippen LogP) is 1.85. The number of halogens is 1. The zero-order chi connectivity index (χ0) is 8.60. The molecule has 12 heavy (non-hydrogen) atoms. The lowest BCUT2D eigenvalue weighted by Gasteiger charge is -2.10. The number of hydrogen-bond donors (Lipinski definition) is 1. The zero-order valence-corrected chi connectivity index (χ0v) is 6.76. The third kappa shape index (κ3) is 1.12. The summed E-state index contributed by atoms with van der Waals surface area (Å²) in [5, 5.41) is 9.09. The molecule has 1 aliphatic rings. The summed E-state index contributed by atoms with van der Waals surface area (Å²) in [6.07, 6.45) is 2.05. The lowest BCUT2D eigenvalue weighted by Crippen LogP contribution is -2.11. The molecule has 0 heterocycles. The normalized spacial score (nSPS) is 19.2. The predicted molar refractivity (Wildman–Crippen MR) is 44.4 cm³/mol. The van der Waals surface area contributed by atoms with Crippen LogP contribution in [0.2, 0.25) is 0 Å². The van der Waals surface area contributed by atoms with Gasteiger partial charge in [0.05, 0.1) is 6.61 Å². The van der Waals surface area contributed by atoms with Crippen molar-refractivity contribution in [2.24, 2.45) is 0 Å². The molecule has 1 aliphatic carbocycles. The minimum atomic E-state index is -0.215. The second kappa shape index (κ2) is 2.56. The average molecular weight is 166 g/mol. The van der Waals surface area contributed by atoms with Crippen molar-refractivity contribution in [3.8, 4) is 0 Å². The van der Waals surface area contributed by atoms with Crippen LogP contribution in [0.1, 0.15) is 18.4 Å². The maximum atomic E-state index is 12.5. The van der Waals surface area contributed by atoms with Crippen LogP contribution in [0.15, 0.2) is 24.3 Å². The number of hydrogen-bond acceptors (Lipinski definition) is 1. The fourth-order valence-electron chi connectivity index (χ4n) is 1.49. The zero-order valence-electron chi connectivity index (χ0n) is 6.76. The van der Waals surface area contributed by atoms with Crippen molar-refractivity contribution >= 4 is 0 Å².